The number of methoxy groups -OCH3 is 10. The molecule has 1 heterocycles. The molecule has 4 aromatic carbocycles. The third-order valence-electron chi connectivity index (χ3n) is 10.3. The van der Waals surface area contributed by atoms with Gasteiger partial charge in [0.25, 0.3) is 0 Å². The van der Waals surface area contributed by atoms with Gasteiger partial charge in [-0.1, -0.05) is 12.1 Å². The van der Waals surface area contributed by atoms with Crippen molar-refractivity contribution in [2.75, 3.05) is 76.0 Å². The number of aryl methyl sites for hydroxylation is 2. The third-order valence-corrected chi connectivity index (χ3v) is 10.3. The minimum Gasteiger partial charge on any atom is -0.493 e. The van der Waals surface area contributed by atoms with Crippen LogP contribution in [0.4, 0.5) is 5.95 Å². The summed E-state index contributed by atoms with van der Waals surface area (Å²) in [6.45, 7) is 0. The van der Waals surface area contributed by atoms with Gasteiger partial charge in [-0.2, -0.15) is 0 Å². The van der Waals surface area contributed by atoms with Crippen LogP contribution in [0.3, 0.4) is 0 Å². The Hall–Kier alpha value is -6.77. The van der Waals surface area contributed by atoms with Gasteiger partial charge >= 0.3 is 0 Å². The third kappa shape index (κ3) is 10.2. The van der Waals surface area contributed by atoms with Crippen molar-refractivity contribution >= 4 is 17.8 Å². The Morgan fingerprint density at radius 1 is 0.475 bits per heavy atom. The molecule has 0 aliphatic carbocycles. The number of rotatable bonds is 21. The number of ether oxygens (including phenoxy) is 10. The first-order valence-electron chi connectivity index (χ1n) is 19.4. The average molecular weight is 842 g/mol. The Labute approximate surface area is 356 Å². The van der Waals surface area contributed by atoms with E-state index in [0.29, 0.717) is 76.0 Å². The molecule has 5 rings (SSSR count). The van der Waals surface area contributed by atoms with Crippen LogP contribution in [0.5, 0.6) is 57.5 Å². The number of anilines is 1. The smallest absolute Gasteiger partial charge is 0.236 e. The van der Waals surface area contributed by atoms with Crippen molar-refractivity contribution in [1.82, 2.24) is 9.55 Å². The van der Waals surface area contributed by atoms with Crippen molar-refractivity contribution in [2.24, 2.45) is 7.05 Å². The van der Waals surface area contributed by atoms with Crippen LogP contribution in [0, 0.1) is 0 Å². The lowest BCUT2D eigenvalue weighted by Gasteiger charge is -2.21. The normalized spacial score (nSPS) is 10.7. The molecular weight excluding hydrogens is 787 g/mol. The minimum absolute atomic E-state index is 0.0442. The quantitative estimate of drug-likeness (QED) is 0.0763. The van der Waals surface area contributed by atoms with Crippen LogP contribution >= 0.6 is 0 Å². The van der Waals surface area contributed by atoms with E-state index in [1.54, 1.807) is 52.7 Å². The molecule has 0 unspecified atom stereocenters. The van der Waals surface area contributed by atoms with Crippen LogP contribution < -0.4 is 52.3 Å². The van der Waals surface area contributed by atoms with Crippen molar-refractivity contribution < 1.29 is 57.0 Å². The molecule has 0 spiro atoms. The number of aromatic nitrogens is 2. The summed E-state index contributed by atoms with van der Waals surface area (Å²) in [5.74, 6) is 4.23. The molecule has 15 nitrogen and oxygen atoms in total. The topological polar surface area (TPSA) is 147 Å². The molecule has 0 aliphatic heterocycles. The Morgan fingerprint density at radius 2 is 0.836 bits per heavy atom. The first-order valence-corrected chi connectivity index (χ1v) is 19.4. The Bertz CT molecular complexity index is 2190. The second-order valence-electron chi connectivity index (χ2n) is 13.8. The number of hydrogen-bond acceptors (Lipinski definition) is 13. The molecular formula is C46H55N3O12. The van der Waals surface area contributed by atoms with Crippen molar-refractivity contribution in [3.8, 4) is 57.5 Å². The van der Waals surface area contributed by atoms with E-state index >= 15 is 0 Å². The molecule has 15 heteroatoms. The summed E-state index contributed by atoms with van der Waals surface area (Å²) in [5, 5.41) is 0. The zero-order valence-corrected chi connectivity index (χ0v) is 36.8. The lowest BCUT2D eigenvalue weighted by molar-refractivity contribution is -0.126. The molecule has 2 amide bonds. The lowest BCUT2D eigenvalue weighted by Crippen LogP contribution is -2.39. The zero-order chi connectivity index (χ0) is 44.2. The van der Waals surface area contributed by atoms with Crippen LogP contribution in [-0.4, -0.2) is 92.5 Å². The maximum absolute atomic E-state index is 14.6. The van der Waals surface area contributed by atoms with Gasteiger partial charge in [-0.05, 0) is 83.6 Å². The van der Waals surface area contributed by atoms with E-state index in [1.807, 2.05) is 48.0 Å². The van der Waals surface area contributed by atoms with Crippen LogP contribution in [0.25, 0.3) is 0 Å². The molecule has 0 radical (unpaired) electrons. The van der Waals surface area contributed by atoms with Gasteiger partial charge in [-0.15, -0.1) is 0 Å². The highest BCUT2D eigenvalue weighted by Gasteiger charge is 2.30. The van der Waals surface area contributed by atoms with Crippen LogP contribution in [0.15, 0.2) is 60.7 Å². The van der Waals surface area contributed by atoms with Crippen molar-refractivity contribution in [2.45, 2.75) is 38.5 Å². The van der Waals surface area contributed by atoms with Gasteiger partial charge in [0.2, 0.25) is 29.3 Å². The molecule has 0 saturated heterocycles. The van der Waals surface area contributed by atoms with Crippen molar-refractivity contribution in [3.05, 3.63) is 94.3 Å². The summed E-state index contributed by atoms with van der Waals surface area (Å²) >= 11 is 0. The SMILES string of the molecule is COc1ccc(Cc2nc(N(C(=O)CCc3cc(OC)c(OC)c(OC)c3)C(=O)CCc3cc(OC)c(OC)c(OC)c3)n(C)c2Cc2ccc(OC)c(OC)c2)cc1OC. The summed E-state index contributed by atoms with van der Waals surface area (Å²) in [6, 6.07) is 18.5. The minimum atomic E-state index is -0.452. The highest BCUT2D eigenvalue weighted by atomic mass is 16.5. The molecule has 1 aromatic heterocycles. The summed E-state index contributed by atoms with van der Waals surface area (Å²) < 4.78 is 57.3. The van der Waals surface area contributed by atoms with E-state index < -0.39 is 11.8 Å². The number of carbonyl (C=O) groups excluding carboxylic acids is 2. The second kappa shape index (κ2) is 21.0. The number of amides is 2. The molecule has 5 aromatic rings. The Kier molecular flexibility index (Phi) is 15.6. The number of carbonyl (C=O) groups is 2. The van der Waals surface area contributed by atoms with E-state index in [4.69, 9.17) is 52.4 Å². The van der Waals surface area contributed by atoms with Crippen molar-refractivity contribution in [3.63, 3.8) is 0 Å². The van der Waals surface area contributed by atoms with Gasteiger partial charge in [0.05, 0.1) is 76.8 Å². The van der Waals surface area contributed by atoms with Gasteiger partial charge in [-0.25, -0.2) is 9.88 Å². The second-order valence-corrected chi connectivity index (χ2v) is 13.8. The van der Waals surface area contributed by atoms with Gasteiger partial charge in [-0.3, -0.25) is 9.59 Å². The number of nitrogens with zero attached hydrogens (tertiary/aromatic N) is 3. The van der Waals surface area contributed by atoms with Crippen molar-refractivity contribution in [1.29, 1.82) is 0 Å². The summed E-state index contributed by atoms with van der Waals surface area (Å²) in [6.07, 6.45) is 1.17. The van der Waals surface area contributed by atoms with E-state index in [9.17, 15) is 9.59 Å². The molecule has 0 aliphatic rings. The standard InChI is InChI=1S/C46H55N3O12/c1-48-33(21-29-13-17-35(53-3)37(23-29)55-5)32(20-28-12-16-34(52-2)36(22-28)54-4)47-46(48)49(42(50)18-14-30-24-38(56-6)44(60-10)39(25-30)57-7)43(51)19-15-31-26-40(58-8)45(61-11)41(27-31)59-9/h12-13,16-17,22-27H,14-15,18-21H2,1-11H3. The summed E-state index contributed by atoms with van der Waals surface area (Å²) in [4.78, 5) is 35.5. The largest absolute Gasteiger partial charge is 0.493 e. The predicted molar refractivity (Wildman–Crippen MR) is 229 cm³/mol. The maximum Gasteiger partial charge on any atom is 0.236 e. The van der Waals surface area contributed by atoms with Gasteiger partial charge in [0, 0.05) is 38.4 Å². The lowest BCUT2D eigenvalue weighted by atomic mass is 10.0. The molecule has 0 atom stereocenters. The number of imide groups is 1. The Balaban J connectivity index is 1.60. The van der Waals surface area contributed by atoms with Crippen LogP contribution in [0.2, 0.25) is 0 Å². The zero-order valence-electron chi connectivity index (χ0n) is 36.8. The molecule has 0 fully saturated rings. The van der Waals surface area contributed by atoms with E-state index in [1.165, 1.54) is 47.6 Å². The van der Waals surface area contributed by atoms with Gasteiger partial charge in [0.15, 0.2) is 46.0 Å². The van der Waals surface area contributed by atoms with Crippen LogP contribution in [-0.2, 0) is 42.3 Å². The summed E-state index contributed by atoms with van der Waals surface area (Å²) in [7, 11) is 17.3. The number of imidazole rings is 1. The van der Waals surface area contributed by atoms with Gasteiger partial charge < -0.3 is 51.9 Å². The fourth-order valence-electron chi connectivity index (χ4n) is 7.15. The van der Waals surface area contributed by atoms with E-state index in [-0.39, 0.29) is 31.6 Å². The highest BCUT2D eigenvalue weighted by Crippen LogP contribution is 2.40. The number of hydrogen-bond donors (Lipinski definition) is 0. The molecule has 326 valence electrons. The first kappa shape index (κ1) is 45.3. The average Bonchev–Trinajstić information content (AvgIpc) is 3.58. The molecule has 0 saturated carbocycles. The fourth-order valence-corrected chi connectivity index (χ4v) is 7.15. The predicted octanol–water partition coefficient (Wildman–Crippen LogP) is 6.81. The van der Waals surface area contributed by atoms with E-state index in [0.717, 1.165) is 27.9 Å². The monoisotopic (exact) mass is 841 g/mol. The highest BCUT2D eigenvalue weighted by molar-refractivity contribution is 6.13. The molecule has 61 heavy (non-hydrogen) atoms. The Morgan fingerprint density at radius 3 is 1.20 bits per heavy atom. The van der Waals surface area contributed by atoms with E-state index in [2.05, 4.69) is 0 Å². The number of benzene rings is 4. The molecule has 0 bridgehead atoms. The summed E-state index contributed by atoms with van der Waals surface area (Å²) in [5.41, 5.74) is 4.70. The fraction of sp³-hybridized carbons (Fsp3) is 0.370. The molecule has 0 N–H and O–H groups in total. The maximum atomic E-state index is 14.6. The van der Waals surface area contributed by atoms with Crippen LogP contribution in [0.1, 0.15) is 46.5 Å². The van der Waals surface area contributed by atoms with Gasteiger partial charge in [0.1, 0.15) is 0 Å². The first-order chi connectivity index (χ1) is 29.5.